The van der Waals surface area contributed by atoms with E-state index in [1.807, 2.05) is 6.20 Å². The molecule has 0 bridgehead atoms. The maximum atomic E-state index is 4.88. The van der Waals surface area contributed by atoms with Gasteiger partial charge in [0.15, 0.2) is 5.82 Å². The molecule has 4 nitrogen and oxygen atoms in total. The highest BCUT2D eigenvalue weighted by Gasteiger charge is 2.20. The molecule has 0 saturated heterocycles. The van der Waals surface area contributed by atoms with Crippen LogP contribution in [0.3, 0.4) is 0 Å². The predicted octanol–water partition coefficient (Wildman–Crippen LogP) is 5.37. The summed E-state index contributed by atoms with van der Waals surface area (Å²) < 4.78 is 0. The van der Waals surface area contributed by atoms with Gasteiger partial charge in [-0.2, -0.15) is 0 Å². The van der Waals surface area contributed by atoms with Gasteiger partial charge in [-0.25, -0.2) is 9.97 Å². The summed E-state index contributed by atoms with van der Waals surface area (Å²) >= 11 is 1.69. The largest absolute Gasteiger partial charge is 0.361 e. The SMILES string of the molecule is CC(C)c1ccc2c(CN3CCc4cnc(-c5cccs5)nc4C3)c[nH]c2c1. The van der Waals surface area contributed by atoms with Crippen molar-refractivity contribution in [2.75, 3.05) is 6.54 Å². The minimum Gasteiger partial charge on any atom is -0.361 e. The highest BCUT2D eigenvalue weighted by molar-refractivity contribution is 7.13. The Morgan fingerprint density at radius 2 is 2.18 bits per heavy atom. The molecule has 0 fully saturated rings. The second-order valence-corrected chi connectivity index (χ2v) is 8.82. The maximum Gasteiger partial charge on any atom is 0.169 e. The van der Waals surface area contributed by atoms with E-state index in [0.717, 1.165) is 36.8 Å². The fourth-order valence-electron chi connectivity index (χ4n) is 3.95. The molecule has 1 aromatic carbocycles. The molecular formula is C23H24N4S. The lowest BCUT2D eigenvalue weighted by molar-refractivity contribution is 0.242. The molecule has 0 unspecified atom stereocenters. The fraction of sp³-hybridized carbons (Fsp3) is 0.304. The van der Waals surface area contributed by atoms with Crippen molar-refractivity contribution >= 4 is 22.2 Å². The van der Waals surface area contributed by atoms with Crippen LogP contribution in [0.1, 0.15) is 42.1 Å². The molecule has 1 N–H and O–H groups in total. The average Bonchev–Trinajstić information content (AvgIpc) is 3.37. The van der Waals surface area contributed by atoms with Crippen LogP contribution in [-0.2, 0) is 19.5 Å². The van der Waals surface area contributed by atoms with Gasteiger partial charge in [-0.3, -0.25) is 4.90 Å². The fourth-order valence-corrected chi connectivity index (χ4v) is 4.62. The number of hydrogen-bond acceptors (Lipinski definition) is 4. The minimum atomic E-state index is 0.548. The minimum absolute atomic E-state index is 0.548. The number of aromatic nitrogens is 3. The zero-order chi connectivity index (χ0) is 19.1. The van der Waals surface area contributed by atoms with Gasteiger partial charge in [0.25, 0.3) is 0 Å². The lowest BCUT2D eigenvalue weighted by atomic mass is 10.0. The molecule has 3 aromatic heterocycles. The van der Waals surface area contributed by atoms with Crippen molar-refractivity contribution in [1.29, 1.82) is 0 Å². The van der Waals surface area contributed by atoms with Crippen molar-refractivity contribution in [3.8, 4) is 10.7 Å². The summed E-state index contributed by atoms with van der Waals surface area (Å²) in [6.07, 6.45) is 5.20. The first kappa shape index (κ1) is 17.6. The lowest BCUT2D eigenvalue weighted by Crippen LogP contribution is -2.31. The van der Waals surface area contributed by atoms with Crippen molar-refractivity contribution < 1.29 is 0 Å². The van der Waals surface area contributed by atoms with Crippen molar-refractivity contribution in [2.24, 2.45) is 0 Å². The van der Waals surface area contributed by atoms with Crippen molar-refractivity contribution in [1.82, 2.24) is 19.9 Å². The molecule has 0 atom stereocenters. The summed E-state index contributed by atoms with van der Waals surface area (Å²) in [5.41, 5.74) is 6.44. The first-order chi connectivity index (χ1) is 13.7. The third-order valence-electron chi connectivity index (χ3n) is 5.62. The number of H-pyrrole nitrogens is 1. The van der Waals surface area contributed by atoms with E-state index in [2.05, 4.69) is 70.6 Å². The lowest BCUT2D eigenvalue weighted by Gasteiger charge is -2.27. The van der Waals surface area contributed by atoms with E-state index in [1.54, 1.807) is 11.3 Å². The molecule has 0 saturated carbocycles. The summed E-state index contributed by atoms with van der Waals surface area (Å²) in [7, 11) is 0. The Balaban J connectivity index is 1.38. The van der Waals surface area contributed by atoms with Gasteiger partial charge in [-0.15, -0.1) is 11.3 Å². The Labute approximate surface area is 169 Å². The monoisotopic (exact) mass is 388 g/mol. The van der Waals surface area contributed by atoms with Crippen LogP contribution in [-0.4, -0.2) is 26.4 Å². The van der Waals surface area contributed by atoms with Gasteiger partial charge in [0.05, 0.1) is 10.6 Å². The van der Waals surface area contributed by atoms with Gasteiger partial charge in [0.1, 0.15) is 0 Å². The van der Waals surface area contributed by atoms with Gasteiger partial charge in [0, 0.05) is 42.9 Å². The van der Waals surface area contributed by atoms with E-state index >= 15 is 0 Å². The van der Waals surface area contributed by atoms with Crippen LogP contribution in [0.25, 0.3) is 21.6 Å². The standard InChI is InChI=1S/C23H24N4S/c1-15(2)16-5-6-19-18(12-24-20(19)10-16)13-27-8-7-17-11-25-23(26-21(17)14-27)22-4-3-9-28-22/h3-6,9-12,15,24H,7-8,13-14H2,1-2H3. The summed E-state index contributed by atoms with van der Waals surface area (Å²) in [5, 5.41) is 3.41. The number of rotatable bonds is 4. The smallest absolute Gasteiger partial charge is 0.169 e. The molecule has 0 aliphatic carbocycles. The summed E-state index contributed by atoms with van der Waals surface area (Å²) in [6, 6.07) is 11.0. The van der Waals surface area contributed by atoms with Crippen LogP contribution in [0.15, 0.2) is 48.1 Å². The normalized spacial score (nSPS) is 14.7. The Morgan fingerprint density at radius 1 is 1.25 bits per heavy atom. The average molecular weight is 389 g/mol. The van der Waals surface area contributed by atoms with E-state index in [0.29, 0.717) is 5.92 Å². The summed E-state index contributed by atoms with van der Waals surface area (Å²) in [6.45, 7) is 7.35. The topological polar surface area (TPSA) is 44.8 Å². The summed E-state index contributed by atoms with van der Waals surface area (Å²) in [5.74, 6) is 1.40. The first-order valence-electron chi connectivity index (χ1n) is 9.88. The van der Waals surface area contributed by atoms with Gasteiger partial charge < -0.3 is 4.98 Å². The van der Waals surface area contributed by atoms with Crippen molar-refractivity contribution in [3.05, 3.63) is 70.5 Å². The molecule has 0 spiro atoms. The molecule has 1 aliphatic rings. The first-order valence-corrected chi connectivity index (χ1v) is 10.8. The van der Waals surface area contributed by atoms with E-state index in [1.165, 1.54) is 33.3 Å². The number of benzene rings is 1. The molecule has 4 aromatic rings. The number of aromatic amines is 1. The molecule has 28 heavy (non-hydrogen) atoms. The summed E-state index contributed by atoms with van der Waals surface area (Å²) in [4.78, 5) is 16.6. The van der Waals surface area contributed by atoms with Crippen LogP contribution in [0.5, 0.6) is 0 Å². The van der Waals surface area contributed by atoms with E-state index in [4.69, 9.17) is 4.98 Å². The van der Waals surface area contributed by atoms with Gasteiger partial charge in [0.2, 0.25) is 0 Å². The Kier molecular flexibility index (Phi) is 4.49. The van der Waals surface area contributed by atoms with Gasteiger partial charge in [-0.1, -0.05) is 32.0 Å². The van der Waals surface area contributed by atoms with Crippen molar-refractivity contribution in [2.45, 2.75) is 39.3 Å². The Hall–Kier alpha value is -2.50. The zero-order valence-electron chi connectivity index (χ0n) is 16.3. The Bertz CT molecular complexity index is 1110. The molecular weight excluding hydrogens is 364 g/mol. The second-order valence-electron chi connectivity index (χ2n) is 7.88. The number of thiophene rings is 1. The zero-order valence-corrected chi connectivity index (χ0v) is 17.1. The van der Waals surface area contributed by atoms with Crippen LogP contribution < -0.4 is 0 Å². The van der Waals surface area contributed by atoms with E-state index < -0.39 is 0 Å². The third kappa shape index (κ3) is 3.25. The third-order valence-corrected chi connectivity index (χ3v) is 6.48. The molecule has 5 heteroatoms. The molecule has 0 amide bonds. The van der Waals surface area contributed by atoms with Crippen LogP contribution in [0.2, 0.25) is 0 Å². The number of nitrogens with one attached hydrogen (secondary N) is 1. The van der Waals surface area contributed by atoms with Gasteiger partial charge in [-0.05, 0) is 46.5 Å². The maximum absolute atomic E-state index is 4.88. The molecule has 4 heterocycles. The van der Waals surface area contributed by atoms with E-state index in [9.17, 15) is 0 Å². The molecule has 0 radical (unpaired) electrons. The number of fused-ring (bicyclic) bond motifs is 2. The predicted molar refractivity (Wildman–Crippen MR) is 116 cm³/mol. The number of nitrogens with zero attached hydrogens (tertiary/aromatic N) is 3. The quantitative estimate of drug-likeness (QED) is 0.511. The Morgan fingerprint density at radius 3 is 3.00 bits per heavy atom. The van der Waals surface area contributed by atoms with E-state index in [-0.39, 0.29) is 0 Å². The highest BCUT2D eigenvalue weighted by Crippen LogP contribution is 2.27. The van der Waals surface area contributed by atoms with Crippen LogP contribution in [0, 0.1) is 0 Å². The molecule has 142 valence electrons. The second kappa shape index (κ2) is 7.15. The highest BCUT2D eigenvalue weighted by atomic mass is 32.1. The molecule has 1 aliphatic heterocycles. The number of hydrogen-bond donors (Lipinski definition) is 1. The van der Waals surface area contributed by atoms with Crippen molar-refractivity contribution in [3.63, 3.8) is 0 Å². The molecule has 5 rings (SSSR count). The van der Waals surface area contributed by atoms with Crippen LogP contribution in [0.4, 0.5) is 0 Å². The van der Waals surface area contributed by atoms with Crippen LogP contribution >= 0.6 is 11.3 Å². The van der Waals surface area contributed by atoms with Gasteiger partial charge >= 0.3 is 0 Å².